The van der Waals surface area contributed by atoms with E-state index in [4.69, 9.17) is 5.73 Å². The van der Waals surface area contributed by atoms with Crippen LogP contribution in [0.25, 0.3) is 16.8 Å². The molecule has 2 fully saturated rings. The van der Waals surface area contributed by atoms with Crippen LogP contribution in [0, 0.1) is 23.5 Å². The molecule has 4 aromatic rings. The third-order valence-corrected chi connectivity index (χ3v) is 8.61. The quantitative estimate of drug-likeness (QED) is 0.336. The molecule has 40 heavy (non-hydrogen) atoms. The van der Waals surface area contributed by atoms with Gasteiger partial charge in [0.25, 0.3) is 0 Å². The normalized spacial score (nSPS) is 23.2. The molecule has 8 nitrogen and oxygen atoms in total. The maximum absolute atomic E-state index is 15.2. The minimum absolute atomic E-state index is 0.00400. The summed E-state index contributed by atoms with van der Waals surface area (Å²) in [5.74, 6) is 0.203. The van der Waals surface area contributed by atoms with Gasteiger partial charge in [-0.05, 0) is 78.5 Å². The van der Waals surface area contributed by atoms with Gasteiger partial charge in [0.05, 0.1) is 34.9 Å². The lowest BCUT2D eigenvalue weighted by Gasteiger charge is -2.37. The molecular formula is C30H33F2N7O. The molecule has 4 heterocycles. The molecule has 1 aliphatic heterocycles. The number of likely N-dealkylation sites (tertiary alicyclic amines) is 1. The van der Waals surface area contributed by atoms with Crippen LogP contribution >= 0.6 is 0 Å². The zero-order chi connectivity index (χ0) is 28.0. The molecule has 4 atom stereocenters. The third kappa shape index (κ3) is 4.92. The number of carbonyl (C=O) groups excluding carboxylic acids is 1. The summed E-state index contributed by atoms with van der Waals surface area (Å²) >= 11 is 0. The number of imidazole rings is 1. The summed E-state index contributed by atoms with van der Waals surface area (Å²) in [5.41, 5.74) is 9.38. The number of benzene rings is 1. The van der Waals surface area contributed by atoms with E-state index in [2.05, 4.69) is 34.2 Å². The van der Waals surface area contributed by atoms with Gasteiger partial charge < -0.3 is 16.0 Å². The second-order valence-electron chi connectivity index (χ2n) is 11.2. The number of hydrogen-bond donors (Lipinski definition) is 2. The van der Waals surface area contributed by atoms with E-state index in [1.54, 1.807) is 40.1 Å². The van der Waals surface area contributed by atoms with Crippen LogP contribution in [0.4, 0.5) is 20.4 Å². The summed E-state index contributed by atoms with van der Waals surface area (Å²) in [6.45, 7) is 5.25. The van der Waals surface area contributed by atoms with Gasteiger partial charge in [-0.3, -0.25) is 9.78 Å². The van der Waals surface area contributed by atoms with E-state index >= 15 is 8.78 Å². The number of hydrogen-bond acceptors (Lipinski definition) is 6. The van der Waals surface area contributed by atoms with Crippen molar-refractivity contribution in [3.05, 3.63) is 71.7 Å². The van der Waals surface area contributed by atoms with E-state index in [1.807, 2.05) is 6.07 Å². The van der Waals surface area contributed by atoms with E-state index in [-0.39, 0.29) is 35.7 Å². The smallest absolute Gasteiger partial charge is 0.229 e. The molecule has 0 radical (unpaired) electrons. The van der Waals surface area contributed by atoms with Crippen LogP contribution in [0.15, 0.2) is 48.9 Å². The van der Waals surface area contributed by atoms with E-state index in [1.165, 1.54) is 12.1 Å². The van der Waals surface area contributed by atoms with Crippen LogP contribution in [0.2, 0.25) is 0 Å². The largest absolute Gasteiger partial charge is 0.338 e. The molecule has 4 unspecified atom stereocenters. The minimum atomic E-state index is -0.727. The SMILES string of the molecule is CC1CC(c2ccncc2Nc2ncc3ccc(-c4c(F)cc(CN5CCCC5=O)cc4F)nn23)CC(N)C1C. The van der Waals surface area contributed by atoms with Crippen molar-refractivity contribution in [3.8, 4) is 11.3 Å². The van der Waals surface area contributed by atoms with Gasteiger partial charge in [-0.2, -0.15) is 9.61 Å². The van der Waals surface area contributed by atoms with Crippen molar-refractivity contribution in [1.82, 2.24) is 24.5 Å². The fraction of sp³-hybridized carbons (Fsp3) is 0.400. The molecule has 0 spiro atoms. The van der Waals surface area contributed by atoms with Crippen molar-refractivity contribution in [3.63, 3.8) is 0 Å². The minimum Gasteiger partial charge on any atom is -0.338 e. The van der Waals surface area contributed by atoms with Gasteiger partial charge in [0, 0.05) is 31.7 Å². The molecule has 10 heteroatoms. The first-order valence-corrected chi connectivity index (χ1v) is 13.9. The maximum Gasteiger partial charge on any atom is 0.229 e. The van der Waals surface area contributed by atoms with E-state index in [0.717, 1.165) is 30.5 Å². The van der Waals surface area contributed by atoms with Crippen LogP contribution in [-0.4, -0.2) is 43.0 Å². The Bertz CT molecular complexity index is 1540. The lowest BCUT2D eigenvalue weighted by atomic mass is 9.71. The van der Waals surface area contributed by atoms with Crippen molar-refractivity contribution < 1.29 is 13.6 Å². The number of rotatable bonds is 6. The van der Waals surface area contributed by atoms with Gasteiger partial charge in [-0.15, -0.1) is 0 Å². The second-order valence-corrected chi connectivity index (χ2v) is 11.2. The molecule has 208 valence electrons. The Labute approximate surface area is 231 Å². The molecule has 3 N–H and O–H groups in total. The Morgan fingerprint density at radius 2 is 1.90 bits per heavy atom. The maximum atomic E-state index is 15.2. The number of amides is 1. The zero-order valence-corrected chi connectivity index (χ0v) is 22.6. The highest BCUT2D eigenvalue weighted by molar-refractivity contribution is 5.78. The summed E-state index contributed by atoms with van der Waals surface area (Å²) in [7, 11) is 0. The first-order valence-electron chi connectivity index (χ1n) is 13.9. The highest BCUT2D eigenvalue weighted by Gasteiger charge is 2.32. The van der Waals surface area contributed by atoms with Crippen molar-refractivity contribution in [2.24, 2.45) is 17.6 Å². The number of anilines is 2. The Morgan fingerprint density at radius 1 is 1.10 bits per heavy atom. The van der Waals surface area contributed by atoms with Crippen LogP contribution in [-0.2, 0) is 11.3 Å². The molecule has 0 bridgehead atoms. The summed E-state index contributed by atoms with van der Waals surface area (Å²) < 4.78 is 32.0. The first kappa shape index (κ1) is 26.3. The third-order valence-electron chi connectivity index (χ3n) is 8.61. The first-order chi connectivity index (χ1) is 19.3. The molecule has 1 saturated carbocycles. The highest BCUT2D eigenvalue weighted by Crippen LogP contribution is 2.41. The number of nitrogens with zero attached hydrogens (tertiary/aromatic N) is 5. The van der Waals surface area contributed by atoms with Crippen LogP contribution in [0.1, 0.15) is 56.6 Å². The van der Waals surface area contributed by atoms with Gasteiger partial charge in [-0.25, -0.2) is 13.8 Å². The van der Waals surface area contributed by atoms with Crippen molar-refractivity contribution in [2.75, 3.05) is 11.9 Å². The molecule has 1 amide bonds. The number of pyridine rings is 1. The molecule has 6 rings (SSSR count). The van der Waals surface area contributed by atoms with Crippen molar-refractivity contribution in [2.45, 2.75) is 58.0 Å². The van der Waals surface area contributed by atoms with Gasteiger partial charge in [0.1, 0.15) is 11.6 Å². The Kier molecular flexibility index (Phi) is 6.95. The second kappa shape index (κ2) is 10.6. The predicted octanol–water partition coefficient (Wildman–Crippen LogP) is 5.41. The Hall–Kier alpha value is -3.92. The molecule has 1 aliphatic carbocycles. The van der Waals surface area contributed by atoms with E-state index in [9.17, 15) is 4.79 Å². The number of nitrogens with one attached hydrogen (secondary N) is 1. The topological polar surface area (TPSA) is 101 Å². The fourth-order valence-electron chi connectivity index (χ4n) is 6.12. The molecule has 1 saturated heterocycles. The van der Waals surface area contributed by atoms with Crippen LogP contribution in [0.5, 0.6) is 0 Å². The summed E-state index contributed by atoms with van der Waals surface area (Å²) in [6, 6.07) is 8.00. The number of fused-ring (bicyclic) bond motifs is 1. The zero-order valence-electron chi connectivity index (χ0n) is 22.6. The Balaban J connectivity index is 1.30. The molecule has 2 aliphatic rings. The monoisotopic (exact) mass is 545 g/mol. The lowest BCUT2D eigenvalue weighted by molar-refractivity contribution is -0.128. The standard InChI is InChI=1S/C30H33F2N7O/c1-17-10-20(13-25(33)18(17)2)22-7-8-34-15-27(22)36-30-35-14-21-5-6-26(37-39(21)30)29-23(31)11-19(12-24(29)32)16-38-9-3-4-28(38)40/h5-8,11-12,14-15,17-18,20,25H,3-4,9-10,13,16,33H2,1-2H3,(H,35,36). The highest BCUT2D eigenvalue weighted by atomic mass is 19.1. The van der Waals surface area contributed by atoms with Gasteiger partial charge in [0.15, 0.2) is 0 Å². The fourth-order valence-corrected chi connectivity index (χ4v) is 6.12. The number of carbonyl (C=O) groups is 1. The van der Waals surface area contributed by atoms with Gasteiger partial charge in [0.2, 0.25) is 11.9 Å². The summed E-state index contributed by atoms with van der Waals surface area (Å²) in [6.07, 6.45) is 8.34. The molecular weight excluding hydrogens is 512 g/mol. The lowest BCUT2D eigenvalue weighted by Crippen LogP contribution is -2.39. The van der Waals surface area contributed by atoms with E-state index in [0.29, 0.717) is 41.8 Å². The van der Waals surface area contributed by atoms with Gasteiger partial charge >= 0.3 is 0 Å². The van der Waals surface area contributed by atoms with Crippen molar-refractivity contribution in [1.29, 1.82) is 0 Å². The van der Waals surface area contributed by atoms with E-state index < -0.39 is 11.6 Å². The molecule has 3 aromatic heterocycles. The number of nitrogens with two attached hydrogens (primary N) is 1. The van der Waals surface area contributed by atoms with Gasteiger partial charge in [-0.1, -0.05) is 13.8 Å². The summed E-state index contributed by atoms with van der Waals surface area (Å²) in [5, 5.41) is 7.91. The number of aromatic nitrogens is 4. The summed E-state index contributed by atoms with van der Waals surface area (Å²) in [4.78, 5) is 22.4. The van der Waals surface area contributed by atoms with Crippen molar-refractivity contribution >= 4 is 23.1 Å². The predicted molar refractivity (Wildman–Crippen MR) is 149 cm³/mol. The van der Waals surface area contributed by atoms with Crippen LogP contribution < -0.4 is 11.1 Å². The van der Waals surface area contributed by atoms with Crippen LogP contribution in [0.3, 0.4) is 0 Å². The Morgan fingerprint density at radius 3 is 2.62 bits per heavy atom. The average molecular weight is 546 g/mol. The number of halogens is 2. The average Bonchev–Trinajstić information content (AvgIpc) is 3.52. The molecule has 1 aromatic carbocycles.